The van der Waals surface area contributed by atoms with Gasteiger partial charge in [-0.3, -0.25) is 4.79 Å². The molecule has 0 amide bonds. The second-order valence-electron chi connectivity index (χ2n) is 3.94. The van der Waals surface area contributed by atoms with Crippen LogP contribution < -0.4 is 5.73 Å². The fraction of sp³-hybridized carbons (Fsp3) is 0.0714. The molecule has 17 heavy (non-hydrogen) atoms. The predicted octanol–water partition coefficient (Wildman–Crippen LogP) is 2.95. The molecule has 3 heteroatoms. The first-order chi connectivity index (χ1) is 8.08. The Labute approximate surface area is 98.9 Å². The second-order valence-corrected chi connectivity index (χ2v) is 3.94. The smallest absolute Gasteiger partial charge is 0.196 e. The molecule has 0 heterocycles. The summed E-state index contributed by atoms with van der Waals surface area (Å²) in [4.78, 5) is 12.1. The number of benzene rings is 2. The summed E-state index contributed by atoms with van der Waals surface area (Å²) < 4.78 is 13.6. The summed E-state index contributed by atoms with van der Waals surface area (Å²) in [5.41, 5.74) is 7.41. The number of anilines is 1. The highest BCUT2D eigenvalue weighted by molar-refractivity contribution is 6.09. The first kappa shape index (κ1) is 11.3. The van der Waals surface area contributed by atoms with Crippen molar-refractivity contribution in [3.05, 3.63) is 65.0 Å². The third-order valence-electron chi connectivity index (χ3n) is 2.52. The average molecular weight is 229 g/mol. The highest BCUT2D eigenvalue weighted by Crippen LogP contribution is 2.16. The summed E-state index contributed by atoms with van der Waals surface area (Å²) in [6, 6.07) is 11.0. The van der Waals surface area contributed by atoms with Crippen molar-refractivity contribution in [1.82, 2.24) is 0 Å². The van der Waals surface area contributed by atoms with Crippen LogP contribution in [0.1, 0.15) is 21.5 Å². The van der Waals surface area contributed by atoms with Crippen molar-refractivity contribution in [1.29, 1.82) is 0 Å². The first-order valence-electron chi connectivity index (χ1n) is 5.24. The normalized spacial score (nSPS) is 10.2. The second kappa shape index (κ2) is 4.37. The molecule has 0 aliphatic heterocycles. The lowest BCUT2D eigenvalue weighted by Gasteiger charge is -2.04. The van der Waals surface area contributed by atoms with Crippen molar-refractivity contribution >= 4 is 11.5 Å². The van der Waals surface area contributed by atoms with E-state index in [-0.39, 0.29) is 11.3 Å². The number of hydrogen-bond donors (Lipinski definition) is 1. The van der Waals surface area contributed by atoms with Crippen LogP contribution in [0.5, 0.6) is 0 Å². The molecule has 0 bridgehead atoms. The van der Waals surface area contributed by atoms with Gasteiger partial charge in [-0.25, -0.2) is 4.39 Å². The van der Waals surface area contributed by atoms with Crippen molar-refractivity contribution in [2.24, 2.45) is 0 Å². The van der Waals surface area contributed by atoms with E-state index in [2.05, 4.69) is 0 Å². The molecule has 0 aliphatic rings. The van der Waals surface area contributed by atoms with Crippen LogP contribution in [0.2, 0.25) is 0 Å². The van der Waals surface area contributed by atoms with Crippen molar-refractivity contribution < 1.29 is 9.18 Å². The standard InChI is InChI=1S/C14H12FNO/c1-9-5-6-13(15)12(7-9)14(17)10-3-2-4-11(16)8-10/h2-8H,16H2,1H3. The molecule has 2 aromatic carbocycles. The number of rotatable bonds is 2. The van der Waals surface area contributed by atoms with Gasteiger partial charge in [0.1, 0.15) is 5.82 Å². The Kier molecular flexibility index (Phi) is 2.91. The van der Waals surface area contributed by atoms with E-state index in [1.54, 1.807) is 36.4 Å². The van der Waals surface area contributed by atoms with Crippen LogP contribution in [0, 0.1) is 12.7 Å². The molecule has 0 saturated heterocycles. The Bertz CT molecular complexity index is 578. The summed E-state index contributed by atoms with van der Waals surface area (Å²) >= 11 is 0. The van der Waals surface area contributed by atoms with Crippen LogP contribution in [0.25, 0.3) is 0 Å². The van der Waals surface area contributed by atoms with E-state index >= 15 is 0 Å². The number of carbonyl (C=O) groups excluding carboxylic acids is 1. The lowest BCUT2D eigenvalue weighted by Crippen LogP contribution is -2.05. The van der Waals surface area contributed by atoms with Crippen LogP contribution >= 0.6 is 0 Å². The zero-order valence-corrected chi connectivity index (χ0v) is 9.41. The number of ketones is 1. The van der Waals surface area contributed by atoms with Gasteiger partial charge in [-0.1, -0.05) is 23.8 Å². The van der Waals surface area contributed by atoms with Crippen LogP contribution in [-0.2, 0) is 0 Å². The Morgan fingerprint density at radius 2 is 1.94 bits per heavy atom. The Morgan fingerprint density at radius 3 is 2.65 bits per heavy atom. The lowest BCUT2D eigenvalue weighted by molar-refractivity contribution is 0.103. The van der Waals surface area contributed by atoms with Gasteiger partial charge in [0.15, 0.2) is 5.78 Å². The summed E-state index contributed by atoms with van der Waals surface area (Å²) in [6.45, 7) is 1.82. The number of nitrogens with two attached hydrogens (primary N) is 1. The molecule has 86 valence electrons. The number of aryl methyl sites for hydroxylation is 1. The maximum absolute atomic E-state index is 13.6. The quantitative estimate of drug-likeness (QED) is 0.635. The summed E-state index contributed by atoms with van der Waals surface area (Å²) in [6.07, 6.45) is 0. The van der Waals surface area contributed by atoms with E-state index in [0.717, 1.165) is 5.56 Å². The summed E-state index contributed by atoms with van der Waals surface area (Å²) in [5, 5.41) is 0. The lowest BCUT2D eigenvalue weighted by atomic mass is 10.0. The number of carbonyl (C=O) groups is 1. The van der Waals surface area contributed by atoms with Gasteiger partial charge in [0.2, 0.25) is 0 Å². The fourth-order valence-corrected chi connectivity index (χ4v) is 1.65. The predicted molar refractivity (Wildman–Crippen MR) is 65.4 cm³/mol. The SMILES string of the molecule is Cc1ccc(F)c(C(=O)c2cccc(N)c2)c1. The third kappa shape index (κ3) is 2.33. The Hall–Kier alpha value is -2.16. The van der Waals surface area contributed by atoms with Crippen molar-refractivity contribution in [2.75, 3.05) is 5.73 Å². The van der Waals surface area contributed by atoms with Crippen molar-refractivity contribution in [2.45, 2.75) is 6.92 Å². The molecule has 0 radical (unpaired) electrons. The minimum Gasteiger partial charge on any atom is -0.399 e. The van der Waals surface area contributed by atoms with E-state index in [0.29, 0.717) is 11.3 Å². The van der Waals surface area contributed by atoms with Gasteiger partial charge in [-0.2, -0.15) is 0 Å². The molecular formula is C14H12FNO. The van der Waals surface area contributed by atoms with Gasteiger partial charge in [-0.05, 0) is 31.2 Å². The summed E-state index contributed by atoms with van der Waals surface area (Å²) in [5.74, 6) is -0.860. The highest BCUT2D eigenvalue weighted by Gasteiger charge is 2.14. The van der Waals surface area contributed by atoms with Crippen molar-refractivity contribution in [3.8, 4) is 0 Å². The zero-order chi connectivity index (χ0) is 12.4. The highest BCUT2D eigenvalue weighted by atomic mass is 19.1. The van der Waals surface area contributed by atoms with E-state index in [9.17, 15) is 9.18 Å². The molecule has 0 unspecified atom stereocenters. The molecule has 2 N–H and O–H groups in total. The number of halogens is 1. The van der Waals surface area contributed by atoms with Gasteiger partial charge in [0, 0.05) is 11.3 Å². The fourth-order valence-electron chi connectivity index (χ4n) is 1.65. The van der Waals surface area contributed by atoms with Crippen molar-refractivity contribution in [3.63, 3.8) is 0 Å². The largest absolute Gasteiger partial charge is 0.399 e. The zero-order valence-electron chi connectivity index (χ0n) is 9.41. The Morgan fingerprint density at radius 1 is 1.18 bits per heavy atom. The van der Waals surface area contributed by atoms with Crippen LogP contribution in [-0.4, -0.2) is 5.78 Å². The van der Waals surface area contributed by atoms with Gasteiger partial charge in [0.25, 0.3) is 0 Å². The van der Waals surface area contributed by atoms with E-state index in [1.807, 2.05) is 6.92 Å². The van der Waals surface area contributed by atoms with Gasteiger partial charge in [0.05, 0.1) is 5.56 Å². The molecule has 2 aromatic rings. The molecule has 2 nitrogen and oxygen atoms in total. The molecule has 0 aromatic heterocycles. The minimum atomic E-state index is -0.511. The maximum Gasteiger partial charge on any atom is 0.196 e. The molecule has 0 fully saturated rings. The van der Waals surface area contributed by atoms with E-state index in [4.69, 9.17) is 5.73 Å². The molecule has 0 spiro atoms. The maximum atomic E-state index is 13.6. The van der Waals surface area contributed by atoms with Crippen LogP contribution in [0.3, 0.4) is 0 Å². The minimum absolute atomic E-state index is 0.0793. The molecule has 2 rings (SSSR count). The number of nitrogen functional groups attached to an aromatic ring is 1. The molecule has 0 aliphatic carbocycles. The summed E-state index contributed by atoms with van der Waals surface area (Å²) in [7, 11) is 0. The topological polar surface area (TPSA) is 43.1 Å². The van der Waals surface area contributed by atoms with Crippen LogP contribution in [0.15, 0.2) is 42.5 Å². The molecular weight excluding hydrogens is 217 g/mol. The average Bonchev–Trinajstić information content (AvgIpc) is 2.31. The molecule has 0 saturated carbocycles. The monoisotopic (exact) mass is 229 g/mol. The van der Waals surface area contributed by atoms with Gasteiger partial charge >= 0.3 is 0 Å². The van der Waals surface area contributed by atoms with E-state index in [1.165, 1.54) is 6.07 Å². The van der Waals surface area contributed by atoms with Gasteiger partial charge in [-0.15, -0.1) is 0 Å². The Balaban J connectivity index is 2.47. The number of hydrogen-bond acceptors (Lipinski definition) is 2. The van der Waals surface area contributed by atoms with Crippen LogP contribution in [0.4, 0.5) is 10.1 Å². The molecule has 0 atom stereocenters. The van der Waals surface area contributed by atoms with E-state index < -0.39 is 5.82 Å². The third-order valence-corrected chi connectivity index (χ3v) is 2.52. The first-order valence-corrected chi connectivity index (χ1v) is 5.24. The van der Waals surface area contributed by atoms with Gasteiger partial charge < -0.3 is 5.73 Å².